The van der Waals surface area contributed by atoms with E-state index in [9.17, 15) is 4.79 Å². The number of aryl methyl sites for hydroxylation is 2. The summed E-state index contributed by atoms with van der Waals surface area (Å²) in [6, 6.07) is 13.0. The Bertz CT molecular complexity index is 759. The fourth-order valence-corrected chi connectivity index (χ4v) is 1.85. The lowest BCUT2D eigenvalue weighted by atomic mass is 10.2. The molecule has 0 spiro atoms. The molecule has 2 rings (SSSR count). The number of nitrogens with one attached hydrogen (secondary N) is 2. The maximum Gasteiger partial charge on any atom is 0.267 e. The van der Waals surface area contributed by atoms with Crippen LogP contribution in [0.1, 0.15) is 11.1 Å². The Morgan fingerprint density at radius 1 is 1.27 bits per heavy atom. The summed E-state index contributed by atoms with van der Waals surface area (Å²) >= 11 is 0. The van der Waals surface area contributed by atoms with Crippen LogP contribution < -0.4 is 10.6 Å². The van der Waals surface area contributed by atoms with Gasteiger partial charge in [-0.2, -0.15) is 5.26 Å². The van der Waals surface area contributed by atoms with E-state index in [0.717, 1.165) is 11.1 Å². The van der Waals surface area contributed by atoms with Crippen molar-refractivity contribution < 1.29 is 4.79 Å². The lowest BCUT2D eigenvalue weighted by Gasteiger charge is -2.06. The molecule has 1 aromatic heterocycles. The summed E-state index contributed by atoms with van der Waals surface area (Å²) in [7, 11) is 0. The maximum absolute atomic E-state index is 12.1. The van der Waals surface area contributed by atoms with Gasteiger partial charge in [-0.1, -0.05) is 18.2 Å². The highest BCUT2D eigenvalue weighted by Gasteiger charge is 2.09. The van der Waals surface area contributed by atoms with Crippen molar-refractivity contribution in [1.29, 1.82) is 5.26 Å². The van der Waals surface area contributed by atoms with Crippen LogP contribution in [-0.2, 0) is 4.79 Å². The molecule has 1 aromatic carbocycles. The first-order valence-electron chi connectivity index (χ1n) is 6.76. The van der Waals surface area contributed by atoms with Gasteiger partial charge in [0.15, 0.2) is 0 Å². The molecule has 0 saturated carbocycles. The zero-order valence-electron chi connectivity index (χ0n) is 12.4. The number of carbonyl (C=O) groups excluding carboxylic acids is 1. The van der Waals surface area contributed by atoms with Crippen LogP contribution in [0.4, 0.5) is 11.5 Å². The predicted octanol–water partition coefficient (Wildman–Crippen LogP) is 3.16. The highest BCUT2D eigenvalue weighted by molar-refractivity contribution is 6.06. The van der Waals surface area contributed by atoms with Gasteiger partial charge in [0.2, 0.25) is 0 Å². The summed E-state index contributed by atoms with van der Waals surface area (Å²) in [5.74, 6) is 0.146. The van der Waals surface area contributed by atoms with E-state index in [4.69, 9.17) is 5.26 Å². The van der Waals surface area contributed by atoms with E-state index in [1.165, 1.54) is 6.20 Å². The first kappa shape index (κ1) is 15.3. The third-order valence-electron chi connectivity index (χ3n) is 3.00. The van der Waals surface area contributed by atoms with Crippen molar-refractivity contribution in [3.63, 3.8) is 0 Å². The lowest BCUT2D eigenvalue weighted by molar-refractivity contribution is -0.112. The number of pyridine rings is 1. The average Bonchev–Trinajstić information content (AvgIpc) is 2.49. The molecule has 0 unspecified atom stereocenters. The average molecular weight is 292 g/mol. The highest BCUT2D eigenvalue weighted by Crippen LogP contribution is 2.12. The quantitative estimate of drug-likeness (QED) is 0.670. The Morgan fingerprint density at radius 2 is 2.09 bits per heavy atom. The molecule has 0 bridgehead atoms. The van der Waals surface area contributed by atoms with Crippen molar-refractivity contribution in [3.05, 3.63) is 65.5 Å². The SMILES string of the molecule is Cc1cccc(NC(=O)/C(C#N)=C\Nc2ncccc2C)c1. The van der Waals surface area contributed by atoms with Crippen molar-refractivity contribution >= 4 is 17.4 Å². The third kappa shape index (κ3) is 3.93. The van der Waals surface area contributed by atoms with Crippen molar-refractivity contribution in [1.82, 2.24) is 4.98 Å². The second-order valence-electron chi connectivity index (χ2n) is 4.81. The molecular formula is C17H16N4O. The predicted molar refractivity (Wildman–Crippen MR) is 86.1 cm³/mol. The van der Waals surface area contributed by atoms with E-state index >= 15 is 0 Å². The minimum absolute atomic E-state index is 0.0217. The summed E-state index contributed by atoms with van der Waals surface area (Å²) in [6.07, 6.45) is 3.00. The van der Waals surface area contributed by atoms with Crippen molar-refractivity contribution in [2.75, 3.05) is 10.6 Å². The van der Waals surface area contributed by atoms with Gasteiger partial charge in [0, 0.05) is 18.1 Å². The van der Waals surface area contributed by atoms with Crippen molar-refractivity contribution in [3.8, 4) is 6.07 Å². The van der Waals surface area contributed by atoms with Crippen LogP contribution in [0.2, 0.25) is 0 Å². The molecule has 0 fully saturated rings. The Hall–Kier alpha value is -3.13. The smallest absolute Gasteiger partial charge is 0.267 e. The van der Waals surface area contributed by atoms with Crippen LogP contribution in [0, 0.1) is 25.2 Å². The summed E-state index contributed by atoms with van der Waals surface area (Å²) in [4.78, 5) is 16.2. The van der Waals surface area contributed by atoms with Crippen LogP contribution in [0.3, 0.4) is 0 Å². The number of rotatable bonds is 4. The number of carbonyl (C=O) groups is 1. The first-order chi connectivity index (χ1) is 10.6. The molecular weight excluding hydrogens is 276 g/mol. The molecule has 2 N–H and O–H groups in total. The molecule has 22 heavy (non-hydrogen) atoms. The Balaban J connectivity index is 2.11. The second-order valence-corrected chi connectivity index (χ2v) is 4.81. The molecule has 0 saturated heterocycles. The van der Waals surface area contributed by atoms with E-state index in [-0.39, 0.29) is 5.57 Å². The minimum Gasteiger partial charge on any atom is -0.345 e. The summed E-state index contributed by atoms with van der Waals surface area (Å²) in [5, 5.41) is 14.7. The number of benzene rings is 1. The van der Waals surface area contributed by atoms with Crippen LogP contribution in [0.25, 0.3) is 0 Å². The number of nitrogens with zero attached hydrogens (tertiary/aromatic N) is 2. The molecule has 2 aromatic rings. The molecule has 5 heteroatoms. The molecule has 1 amide bonds. The van der Waals surface area contributed by atoms with Gasteiger partial charge in [0.05, 0.1) is 0 Å². The Labute approximate surface area is 129 Å². The molecule has 0 aliphatic rings. The monoisotopic (exact) mass is 292 g/mol. The number of nitriles is 1. The molecule has 0 aliphatic carbocycles. The lowest BCUT2D eigenvalue weighted by Crippen LogP contribution is -2.14. The minimum atomic E-state index is -0.464. The number of aromatic nitrogens is 1. The first-order valence-corrected chi connectivity index (χ1v) is 6.76. The van der Waals surface area contributed by atoms with Crippen molar-refractivity contribution in [2.45, 2.75) is 13.8 Å². The Kier molecular flexibility index (Phi) is 4.89. The van der Waals surface area contributed by atoms with Gasteiger partial charge in [0.1, 0.15) is 17.5 Å². The fourth-order valence-electron chi connectivity index (χ4n) is 1.85. The third-order valence-corrected chi connectivity index (χ3v) is 3.00. The molecule has 110 valence electrons. The van der Waals surface area contributed by atoms with Gasteiger partial charge in [-0.25, -0.2) is 4.98 Å². The van der Waals surface area contributed by atoms with Gasteiger partial charge < -0.3 is 10.6 Å². The second kappa shape index (κ2) is 7.04. The van der Waals surface area contributed by atoms with Crippen LogP contribution >= 0.6 is 0 Å². The van der Waals surface area contributed by atoms with Crippen molar-refractivity contribution in [2.24, 2.45) is 0 Å². The van der Waals surface area contributed by atoms with Crippen LogP contribution in [0.5, 0.6) is 0 Å². The van der Waals surface area contributed by atoms with E-state index in [1.807, 2.05) is 50.2 Å². The topological polar surface area (TPSA) is 77.8 Å². The standard InChI is InChI=1S/C17H16N4O/c1-12-5-3-7-15(9-12)21-17(22)14(10-18)11-20-16-13(2)6-4-8-19-16/h3-9,11H,1-2H3,(H,19,20)(H,21,22)/b14-11-. The van der Waals surface area contributed by atoms with E-state index in [1.54, 1.807) is 12.3 Å². The van der Waals surface area contributed by atoms with E-state index in [0.29, 0.717) is 11.5 Å². The summed E-state index contributed by atoms with van der Waals surface area (Å²) in [6.45, 7) is 3.82. The summed E-state index contributed by atoms with van der Waals surface area (Å²) < 4.78 is 0. The number of amides is 1. The van der Waals surface area contributed by atoms with Gasteiger partial charge in [0.25, 0.3) is 5.91 Å². The van der Waals surface area contributed by atoms with Gasteiger partial charge in [-0.3, -0.25) is 4.79 Å². The van der Waals surface area contributed by atoms with Crippen LogP contribution in [0.15, 0.2) is 54.4 Å². The molecule has 0 radical (unpaired) electrons. The van der Waals surface area contributed by atoms with E-state index < -0.39 is 5.91 Å². The Morgan fingerprint density at radius 3 is 2.77 bits per heavy atom. The van der Waals surface area contributed by atoms with Gasteiger partial charge in [-0.05, 0) is 43.2 Å². The van der Waals surface area contributed by atoms with Gasteiger partial charge >= 0.3 is 0 Å². The molecule has 5 nitrogen and oxygen atoms in total. The van der Waals surface area contributed by atoms with Gasteiger partial charge in [-0.15, -0.1) is 0 Å². The molecule has 0 atom stereocenters. The number of anilines is 2. The fraction of sp³-hybridized carbons (Fsp3) is 0.118. The maximum atomic E-state index is 12.1. The zero-order valence-corrected chi connectivity index (χ0v) is 12.4. The number of hydrogen-bond acceptors (Lipinski definition) is 4. The summed E-state index contributed by atoms with van der Waals surface area (Å²) in [5.41, 5.74) is 2.59. The number of hydrogen-bond donors (Lipinski definition) is 2. The highest BCUT2D eigenvalue weighted by atomic mass is 16.1. The molecule has 1 heterocycles. The normalized spacial score (nSPS) is 10.7. The largest absolute Gasteiger partial charge is 0.345 e. The van der Waals surface area contributed by atoms with E-state index in [2.05, 4.69) is 15.6 Å². The zero-order chi connectivity index (χ0) is 15.9. The molecule has 0 aliphatic heterocycles. The van der Waals surface area contributed by atoms with Crippen LogP contribution in [-0.4, -0.2) is 10.9 Å².